The quantitative estimate of drug-likeness (QED) is 0.767. The Labute approximate surface area is 140 Å². The van der Waals surface area contributed by atoms with Gasteiger partial charge in [0.15, 0.2) is 0 Å². The van der Waals surface area contributed by atoms with E-state index in [1.54, 1.807) is 12.1 Å². The normalized spacial score (nSPS) is 15.0. The van der Waals surface area contributed by atoms with Crippen LogP contribution >= 0.6 is 23.8 Å². The lowest BCUT2D eigenvalue weighted by Gasteiger charge is -2.37. The fourth-order valence-electron chi connectivity index (χ4n) is 2.62. The number of rotatable bonds is 2. The van der Waals surface area contributed by atoms with Crippen molar-refractivity contribution >= 4 is 34.5 Å². The minimum atomic E-state index is -0.239. The second kappa shape index (κ2) is 6.63. The molecule has 1 saturated heterocycles. The van der Waals surface area contributed by atoms with Crippen LogP contribution in [0.2, 0.25) is 5.02 Å². The van der Waals surface area contributed by atoms with Crippen molar-refractivity contribution < 1.29 is 4.39 Å². The summed E-state index contributed by atoms with van der Waals surface area (Å²) in [5.41, 5.74) is 2.03. The Morgan fingerprint density at radius 3 is 2.32 bits per heavy atom. The fraction of sp³-hybridized carbons (Fsp3) is 0.235. The zero-order chi connectivity index (χ0) is 15.5. The van der Waals surface area contributed by atoms with Crippen molar-refractivity contribution in [1.29, 1.82) is 0 Å². The van der Waals surface area contributed by atoms with Gasteiger partial charge in [0.05, 0.1) is 0 Å². The molecular formula is C17H16ClFN2S. The summed E-state index contributed by atoms with van der Waals surface area (Å²) >= 11 is 11.6. The Morgan fingerprint density at radius 1 is 1.00 bits per heavy atom. The van der Waals surface area contributed by atoms with Crippen molar-refractivity contribution in [2.45, 2.75) is 0 Å². The summed E-state index contributed by atoms with van der Waals surface area (Å²) < 4.78 is 13.0. The lowest BCUT2D eigenvalue weighted by atomic mass is 10.2. The fourth-order valence-corrected chi connectivity index (χ4v) is 3.12. The Kier molecular flexibility index (Phi) is 4.60. The van der Waals surface area contributed by atoms with Gasteiger partial charge in [0.25, 0.3) is 0 Å². The van der Waals surface area contributed by atoms with E-state index in [1.807, 2.05) is 18.2 Å². The van der Waals surface area contributed by atoms with E-state index in [0.29, 0.717) is 0 Å². The third-order valence-corrected chi connectivity index (χ3v) is 4.56. The van der Waals surface area contributed by atoms with Crippen LogP contribution in [0.4, 0.5) is 10.1 Å². The molecule has 0 radical (unpaired) electrons. The summed E-state index contributed by atoms with van der Waals surface area (Å²) in [6, 6.07) is 14.3. The molecule has 0 aliphatic carbocycles. The number of piperazine rings is 1. The van der Waals surface area contributed by atoms with Crippen molar-refractivity contribution in [3.63, 3.8) is 0 Å². The largest absolute Gasteiger partial charge is 0.368 e. The molecule has 2 aromatic rings. The summed E-state index contributed by atoms with van der Waals surface area (Å²) in [6.45, 7) is 3.48. The lowest BCUT2D eigenvalue weighted by Crippen LogP contribution is -2.48. The number of thiocarbonyl (C=S) groups is 1. The molecule has 0 unspecified atom stereocenters. The molecule has 1 aliphatic heterocycles. The van der Waals surface area contributed by atoms with Gasteiger partial charge < -0.3 is 9.80 Å². The highest BCUT2D eigenvalue weighted by molar-refractivity contribution is 7.80. The minimum Gasteiger partial charge on any atom is -0.368 e. The van der Waals surface area contributed by atoms with Crippen LogP contribution in [0.1, 0.15) is 5.56 Å². The third-order valence-electron chi connectivity index (χ3n) is 3.83. The van der Waals surface area contributed by atoms with Crippen LogP contribution in [0.3, 0.4) is 0 Å². The predicted octanol–water partition coefficient (Wildman–Crippen LogP) is 3.98. The Hall–Kier alpha value is -1.65. The van der Waals surface area contributed by atoms with Gasteiger partial charge in [-0.2, -0.15) is 0 Å². The van der Waals surface area contributed by atoms with Gasteiger partial charge in [0.1, 0.15) is 10.8 Å². The Balaban J connectivity index is 1.64. The second-order valence-corrected chi connectivity index (χ2v) is 6.09. The van der Waals surface area contributed by atoms with Gasteiger partial charge >= 0.3 is 0 Å². The summed E-state index contributed by atoms with van der Waals surface area (Å²) in [4.78, 5) is 5.25. The maximum absolute atomic E-state index is 13.0. The average Bonchev–Trinajstić information content (AvgIpc) is 2.55. The van der Waals surface area contributed by atoms with Gasteiger partial charge in [-0.25, -0.2) is 4.39 Å². The van der Waals surface area contributed by atoms with Crippen molar-refractivity contribution in [2.75, 3.05) is 31.1 Å². The van der Waals surface area contributed by atoms with Gasteiger partial charge in [-0.3, -0.25) is 0 Å². The van der Waals surface area contributed by atoms with E-state index in [1.165, 1.54) is 12.1 Å². The SMILES string of the molecule is Fc1ccc(C(=S)N2CCN(c3cccc(Cl)c3)CC2)cc1. The number of halogens is 2. The molecule has 1 fully saturated rings. The molecule has 3 rings (SSSR count). The van der Waals surface area contributed by atoms with E-state index in [2.05, 4.69) is 15.9 Å². The first-order valence-corrected chi connectivity index (χ1v) is 7.97. The Morgan fingerprint density at radius 2 is 1.68 bits per heavy atom. The van der Waals surface area contributed by atoms with Gasteiger partial charge in [-0.05, 0) is 42.5 Å². The molecule has 5 heteroatoms. The van der Waals surface area contributed by atoms with Crippen LogP contribution < -0.4 is 4.90 Å². The van der Waals surface area contributed by atoms with Gasteiger partial charge in [-0.15, -0.1) is 0 Å². The lowest BCUT2D eigenvalue weighted by molar-refractivity contribution is 0.392. The first-order chi connectivity index (χ1) is 10.6. The molecule has 2 aromatic carbocycles. The summed E-state index contributed by atoms with van der Waals surface area (Å²) in [5.74, 6) is -0.239. The maximum atomic E-state index is 13.0. The molecule has 0 N–H and O–H groups in total. The molecule has 0 atom stereocenters. The smallest absolute Gasteiger partial charge is 0.123 e. The average molecular weight is 335 g/mol. The van der Waals surface area contributed by atoms with Gasteiger partial charge in [0, 0.05) is 42.5 Å². The summed E-state index contributed by atoms with van der Waals surface area (Å²) in [5, 5.41) is 0.752. The highest BCUT2D eigenvalue weighted by Gasteiger charge is 2.20. The highest BCUT2D eigenvalue weighted by Crippen LogP contribution is 2.21. The van der Waals surface area contributed by atoms with Crippen molar-refractivity contribution in [3.05, 3.63) is 64.9 Å². The Bertz CT molecular complexity index is 667. The van der Waals surface area contributed by atoms with Crippen LogP contribution in [-0.2, 0) is 0 Å². The van der Waals surface area contributed by atoms with E-state index in [-0.39, 0.29) is 5.82 Å². The van der Waals surface area contributed by atoms with E-state index in [0.717, 1.165) is 47.4 Å². The number of anilines is 1. The number of hydrogen-bond acceptors (Lipinski definition) is 2. The van der Waals surface area contributed by atoms with E-state index >= 15 is 0 Å². The van der Waals surface area contributed by atoms with Crippen LogP contribution in [0.25, 0.3) is 0 Å². The van der Waals surface area contributed by atoms with E-state index in [4.69, 9.17) is 23.8 Å². The summed E-state index contributed by atoms with van der Waals surface area (Å²) in [6.07, 6.45) is 0. The van der Waals surface area contributed by atoms with Crippen molar-refractivity contribution in [2.24, 2.45) is 0 Å². The molecule has 1 aliphatic rings. The molecule has 2 nitrogen and oxygen atoms in total. The molecule has 0 amide bonds. The zero-order valence-corrected chi connectivity index (χ0v) is 13.6. The zero-order valence-electron chi connectivity index (χ0n) is 12.0. The second-order valence-electron chi connectivity index (χ2n) is 5.27. The molecule has 114 valence electrons. The maximum Gasteiger partial charge on any atom is 0.123 e. The first-order valence-electron chi connectivity index (χ1n) is 7.19. The van der Waals surface area contributed by atoms with Crippen molar-refractivity contribution in [3.8, 4) is 0 Å². The molecule has 0 spiro atoms. The van der Waals surface area contributed by atoms with Crippen LogP contribution in [-0.4, -0.2) is 36.1 Å². The van der Waals surface area contributed by atoms with Crippen molar-refractivity contribution in [1.82, 2.24) is 4.90 Å². The molecule has 22 heavy (non-hydrogen) atoms. The molecule has 0 saturated carbocycles. The van der Waals surface area contributed by atoms with Crippen LogP contribution in [0.15, 0.2) is 48.5 Å². The monoisotopic (exact) mass is 334 g/mol. The first kappa shape index (κ1) is 15.3. The third kappa shape index (κ3) is 3.39. The summed E-state index contributed by atoms with van der Waals surface area (Å²) in [7, 11) is 0. The number of nitrogens with zero attached hydrogens (tertiary/aromatic N) is 2. The van der Waals surface area contributed by atoms with Gasteiger partial charge in [0.2, 0.25) is 0 Å². The van der Waals surface area contributed by atoms with E-state index in [9.17, 15) is 4.39 Å². The standard InChI is InChI=1S/C17H16ClFN2S/c18-14-2-1-3-16(12-14)20-8-10-21(11-9-20)17(22)13-4-6-15(19)7-5-13/h1-7,12H,8-11H2. The molecule has 0 aromatic heterocycles. The van der Waals surface area contributed by atoms with Crippen LogP contribution in [0.5, 0.6) is 0 Å². The van der Waals surface area contributed by atoms with Crippen LogP contribution in [0, 0.1) is 5.82 Å². The number of benzene rings is 2. The predicted molar refractivity (Wildman–Crippen MR) is 93.3 cm³/mol. The topological polar surface area (TPSA) is 6.48 Å². The molecular weight excluding hydrogens is 319 g/mol. The number of hydrogen-bond donors (Lipinski definition) is 0. The molecule has 1 heterocycles. The highest BCUT2D eigenvalue weighted by atomic mass is 35.5. The minimum absolute atomic E-state index is 0.239. The molecule has 0 bridgehead atoms. The van der Waals surface area contributed by atoms with E-state index < -0.39 is 0 Å². The van der Waals surface area contributed by atoms with Gasteiger partial charge in [-0.1, -0.05) is 29.9 Å².